The molecule has 4 aliphatic rings. The maximum Gasteiger partial charge on any atom is 0.415 e. The van der Waals surface area contributed by atoms with E-state index in [-0.39, 0.29) is 79.7 Å². The number of cyclic esters (lactones) is 1. The number of hydrogen-bond acceptors (Lipinski definition) is 10. The molecule has 1 amide bonds. The standard InChI is InChI=1S/C25H28ClF2N5O7S/c26-22-9-15(25(27,28)21-12-29-3-8-38-21)10-23(30-22)31-4-6-32(7-5-31)41(36,37)16-1-2-17-19(11-16)39-14-18-20(13-34)40-24(35)33(17)18/h1-2,9-11,18,20-21,29,34H,3-8,12-14H2/t18?,20?,21-/m1/s1. The van der Waals surface area contributed by atoms with Crippen molar-refractivity contribution in [1.82, 2.24) is 14.6 Å². The number of alkyl halides is 2. The van der Waals surface area contributed by atoms with E-state index in [4.69, 9.17) is 25.8 Å². The van der Waals surface area contributed by atoms with E-state index >= 15 is 8.78 Å². The topological polar surface area (TPSA) is 134 Å². The maximum absolute atomic E-state index is 15.2. The fraction of sp³-hybridized carbons (Fsp3) is 0.520. The summed E-state index contributed by atoms with van der Waals surface area (Å²) in [6, 6.07) is 6.11. The summed E-state index contributed by atoms with van der Waals surface area (Å²) in [5, 5.41) is 12.3. The van der Waals surface area contributed by atoms with Gasteiger partial charge in [-0.05, 0) is 24.3 Å². The number of aliphatic hydroxyl groups excluding tert-OH is 1. The first-order chi connectivity index (χ1) is 19.6. The monoisotopic (exact) mass is 615 g/mol. The summed E-state index contributed by atoms with van der Waals surface area (Å²) in [5.41, 5.74) is 0.0414. The molecule has 0 saturated carbocycles. The number of carbonyl (C=O) groups excluding carboxylic acids is 1. The number of nitrogens with one attached hydrogen (secondary N) is 1. The Balaban J connectivity index is 1.16. The Morgan fingerprint density at radius 3 is 2.66 bits per heavy atom. The zero-order valence-corrected chi connectivity index (χ0v) is 23.3. The molecule has 222 valence electrons. The van der Waals surface area contributed by atoms with Gasteiger partial charge in [0.05, 0.1) is 23.8 Å². The van der Waals surface area contributed by atoms with E-state index in [9.17, 15) is 18.3 Å². The molecule has 4 aliphatic heterocycles. The van der Waals surface area contributed by atoms with Crippen LogP contribution in [-0.2, 0) is 25.4 Å². The molecule has 2 unspecified atom stereocenters. The lowest BCUT2D eigenvalue weighted by atomic mass is 10.0. The Bertz CT molecular complexity index is 1440. The highest BCUT2D eigenvalue weighted by molar-refractivity contribution is 7.89. The molecule has 0 spiro atoms. The molecule has 12 nitrogen and oxygen atoms in total. The maximum atomic E-state index is 15.2. The van der Waals surface area contributed by atoms with Crippen LogP contribution in [0.15, 0.2) is 35.2 Å². The third-order valence-corrected chi connectivity index (χ3v) is 9.78. The van der Waals surface area contributed by atoms with Gasteiger partial charge in [0.2, 0.25) is 10.0 Å². The molecular weight excluding hydrogens is 588 g/mol. The second kappa shape index (κ2) is 10.8. The van der Waals surface area contributed by atoms with Crippen molar-refractivity contribution in [1.29, 1.82) is 0 Å². The summed E-state index contributed by atoms with van der Waals surface area (Å²) in [6.45, 7) is 0.914. The van der Waals surface area contributed by atoms with Crippen molar-refractivity contribution in [3.05, 3.63) is 41.0 Å². The molecular formula is C25H28ClF2N5O7S. The van der Waals surface area contributed by atoms with Crippen LogP contribution < -0.4 is 19.9 Å². The van der Waals surface area contributed by atoms with Crippen molar-refractivity contribution in [2.45, 2.75) is 29.1 Å². The van der Waals surface area contributed by atoms with E-state index in [1.54, 1.807) is 4.90 Å². The molecule has 2 N–H and O–H groups in total. The summed E-state index contributed by atoms with van der Waals surface area (Å²) < 4.78 is 74.9. The average Bonchev–Trinajstić information content (AvgIpc) is 3.32. The number of morpholine rings is 1. The summed E-state index contributed by atoms with van der Waals surface area (Å²) >= 11 is 6.12. The van der Waals surface area contributed by atoms with Crippen LogP contribution in [0.3, 0.4) is 0 Å². The first-order valence-electron chi connectivity index (χ1n) is 13.1. The molecule has 3 atom stereocenters. The number of amides is 1. The highest BCUT2D eigenvalue weighted by atomic mass is 35.5. The summed E-state index contributed by atoms with van der Waals surface area (Å²) in [4.78, 5) is 19.6. The largest absolute Gasteiger partial charge is 0.489 e. The van der Waals surface area contributed by atoms with Gasteiger partial charge >= 0.3 is 6.09 Å². The van der Waals surface area contributed by atoms with Gasteiger partial charge in [0.1, 0.15) is 35.5 Å². The van der Waals surface area contributed by atoms with Crippen molar-refractivity contribution in [3.8, 4) is 5.75 Å². The van der Waals surface area contributed by atoms with Crippen molar-refractivity contribution in [2.75, 3.05) is 68.9 Å². The molecule has 0 radical (unpaired) electrons. The Hall–Kier alpha value is -2.82. The fourth-order valence-electron chi connectivity index (χ4n) is 5.46. The molecule has 1 aromatic heterocycles. The fourth-order valence-corrected chi connectivity index (χ4v) is 7.10. The number of fused-ring (bicyclic) bond motifs is 3. The number of piperazine rings is 1. The van der Waals surface area contributed by atoms with Gasteiger partial charge in [-0.3, -0.25) is 4.90 Å². The number of nitrogens with zero attached hydrogens (tertiary/aromatic N) is 4. The Kier molecular flexibility index (Phi) is 7.45. The predicted molar refractivity (Wildman–Crippen MR) is 142 cm³/mol. The third-order valence-electron chi connectivity index (χ3n) is 7.69. The second-order valence-electron chi connectivity index (χ2n) is 10.1. The SMILES string of the molecule is O=C1OC(CO)C2COc3cc(S(=O)(=O)N4CCN(c5cc(C(F)(F)[C@H]6CNCCO6)cc(Cl)n5)CC4)ccc3N12. The number of halogens is 3. The van der Waals surface area contributed by atoms with Gasteiger partial charge in [-0.1, -0.05) is 11.6 Å². The molecule has 6 rings (SSSR count). The van der Waals surface area contributed by atoms with Crippen LogP contribution in [0, 0.1) is 0 Å². The molecule has 41 heavy (non-hydrogen) atoms. The van der Waals surface area contributed by atoms with E-state index in [1.165, 1.54) is 33.5 Å². The van der Waals surface area contributed by atoms with Crippen LogP contribution in [0.25, 0.3) is 0 Å². The van der Waals surface area contributed by atoms with Gasteiger partial charge in [0.25, 0.3) is 5.92 Å². The number of benzene rings is 1. The van der Waals surface area contributed by atoms with Crippen molar-refractivity contribution in [2.24, 2.45) is 0 Å². The lowest BCUT2D eigenvalue weighted by Gasteiger charge is -2.36. The van der Waals surface area contributed by atoms with Gasteiger partial charge in [-0.25, -0.2) is 18.2 Å². The number of carbonyl (C=O) groups is 1. The Morgan fingerprint density at radius 2 is 1.95 bits per heavy atom. The highest BCUT2D eigenvalue weighted by Crippen LogP contribution is 2.41. The normalized spacial score (nSPS) is 25.4. The van der Waals surface area contributed by atoms with E-state index in [0.717, 1.165) is 6.07 Å². The van der Waals surface area contributed by atoms with Crippen molar-refractivity contribution < 1.29 is 41.3 Å². The third kappa shape index (κ3) is 5.08. The van der Waals surface area contributed by atoms with E-state index < -0.39 is 40.3 Å². The number of hydrogen-bond donors (Lipinski definition) is 2. The lowest BCUT2D eigenvalue weighted by molar-refractivity contribution is -0.151. The molecule has 3 saturated heterocycles. The second-order valence-corrected chi connectivity index (χ2v) is 12.4. The minimum atomic E-state index is -3.94. The molecule has 0 aliphatic carbocycles. The summed E-state index contributed by atoms with van der Waals surface area (Å²) in [7, 11) is -3.94. The molecule has 3 fully saturated rings. The molecule has 16 heteroatoms. The number of ether oxygens (including phenoxy) is 3. The molecule has 1 aromatic carbocycles. The van der Waals surface area contributed by atoms with Crippen LogP contribution in [0.1, 0.15) is 5.56 Å². The van der Waals surface area contributed by atoms with Gasteiger partial charge in [0, 0.05) is 50.9 Å². The zero-order chi connectivity index (χ0) is 28.9. The number of aromatic nitrogens is 1. The van der Waals surface area contributed by atoms with Gasteiger partial charge in [-0.2, -0.15) is 13.1 Å². The molecule has 5 heterocycles. The van der Waals surface area contributed by atoms with Gasteiger partial charge in [-0.15, -0.1) is 0 Å². The van der Waals surface area contributed by atoms with Crippen LogP contribution in [0.4, 0.5) is 25.1 Å². The number of anilines is 2. The number of sulfonamides is 1. The van der Waals surface area contributed by atoms with E-state index in [2.05, 4.69) is 10.3 Å². The lowest BCUT2D eigenvalue weighted by Crippen LogP contribution is -2.49. The van der Waals surface area contributed by atoms with Crippen LogP contribution in [0.2, 0.25) is 5.15 Å². The van der Waals surface area contributed by atoms with E-state index in [0.29, 0.717) is 12.2 Å². The minimum absolute atomic E-state index is 0.00157. The quantitative estimate of drug-likeness (QED) is 0.460. The highest BCUT2D eigenvalue weighted by Gasteiger charge is 2.47. The minimum Gasteiger partial charge on any atom is -0.489 e. The first-order valence-corrected chi connectivity index (χ1v) is 14.9. The summed E-state index contributed by atoms with van der Waals surface area (Å²) in [5.74, 6) is -2.87. The van der Waals surface area contributed by atoms with Crippen molar-refractivity contribution in [3.63, 3.8) is 0 Å². The Labute approximate surface area is 239 Å². The number of aliphatic hydroxyl groups is 1. The van der Waals surface area contributed by atoms with E-state index in [1.807, 2.05) is 0 Å². The molecule has 2 aromatic rings. The smallest absolute Gasteiger partial charge is 0.415 e. The zero-order valence-electron chi connectivity index (χ0n) is 21.7. The first kappa shape index (κ1) is 28.3. The Morgan fingerprint density at radius 1 is 1.17 bits per heavy atom. The van der Waals surface area contributed by atoms with Crippen LogP contribution in [-0.4, -0.2) is 106 Å². The number of rotatable bonds is 6. The van der Waals surface area contributed by atoms with Gasteiger partial charge in [0.15, 0.2) is 6.10 Å². The van der Waals surface area contributed by atoms with Gasteiger partial charge < -0.3 is 29.5 Å². The van der Waals surface area contributed by atoms with Crippen molar-refractivity contribution >= 4 is 39.2 Å². The average molecular weight is 616 g/mol. The molecule has 0 bridgehead atoms. The summed E-state index contributed by atoms with van der Waals surface area (Å²) in [6.07, 6.45) is -2.71. The number of pyridine rings is 1. The van der Waals surface area contributed by atoms with Crippen LogP contribution >= 0.6 is 11.6 Å². The predicted octanol–water partition coefficient (Wildman–Crippen LogP) is 1.40. The van der Waals surface area contributed by atoms with Crippen LogP contribution in [0.5, 0.6) is 5.75 Å².